The number of carbonyl (C=O) groups is 1. The molecule has 1 aliphatic heterocycles. The number of amides is 1. The van der Waals surface area contributed by atoms with Crippen molar-refractivity contribution >= 4 is 5.91 Å². The van der Waals surface area contributed by atoms with E-state index in [2.05, 4.69) is 10.2 Å². The average molecular weight is 349 g/mol. The summed E-state index contributed by atoms with van der Waals surface area (Å²) in [6.07, 6.45) is 4.76. The summed E-state index contributed by atoms with van der Waals surface area (Å²) in [5.41, 5.74) is 6.96. The first-order valence-corrected chi connectivity index (χ1v) is 9.17. The van der Waals surface area contributed by atoms with Gasteiger partial charge in [0.05, 0.1) is 13.0 Å². The third kappa shape index (κ3) is 4.50. The minimum Gasteiger partial charge on any atom is -0.494 e. The average Bonchev–Trinajstić information content (AvgIpc) is 3.03. The molecule has 0 aromatic heterocycles. The Morgan fingerprint density at radius 2 is 2.08 bits per heavy atom. The van der Waals surface area contributed by atoms with Crippen molar-refractivity contribution in [3.8, 4) is 5.75 Å². The van der Waals surface area contributed by atoms with Crippen molar-refractivity contribution in [2.45, 2.75) is 50.7 Å². The number of likely N-dealkylation sites (tertiary alicyclic amines) is 1. The number of nitrogens with zero attached hydrogens (tertiary/aromatic N) is 1. The molecule has 25 heavy (non-hydrogen) atoms. The lowest BCUT2D eigenvalue weighted by atomic mass is 10.00. The monoisotopic (exact) mass is 349 g/mol. The minimum atomic E-state index is -0.324. The third-order valence-electron chi connectivity index (χ3n) is 5.46. The number of piperidine rings is 1. The van der Waals surface area contributed by atoms with Gasteiger partial charge < -0.3 is 15.8 Å². The molecule has 3 N–H and O–H groups in total. The molecule has 0 unspecified atom stereocenters. The third-order valence-corrected chi connectivity index (χ3v) is 5.46. The molecule has 138 valence electrons. The molecule has 0 bridgehead atoms. The van der Waals surface area contributed by atoms with Gasteiger partial charge >= 0.3 is 0 Å². The van der Waals surface area contributed by atoms with Crippen LogP contribution in [0.25, 0.3) is 0 Å². The molecule has 2 aliphatic rings. The van der Waals surface area contributed by atoms with Crippen LogP contribution in [0.15, 0.2) is 18.2 Å². The van der Waals surface area contributed by atoms with Gasteiger partial charge in [0.25, 0.3) is 0 Å². The maximum absolute atomic E-state index is 13.8. The predicted octanol–water partition coefficient (Wildman–Crippen LogP) is 2.04. The SMILES string of the molecule is COc1ccc(CN2CCC(NC(=O)[C@@H]3CCC[C@H]3N)CC2)cc1F. The molecular weight excluding hydrogens is 321 g/mol. The van der Waals surface area contributed by atoms with Gasteiger partial charge in [-0.25, -0.2) is 4.39 Å². The van der Waals surface area contributed by atoms with Gasteiger partial charge in [-0.05, 0) is 43.4 Å². The van der Waals surface area contributed by atoms with Gasteiger partial charge in [-0.2, -0.15) is 0 Å². The van der Waals surface area contributed by atoms with Crippen molar-refractivity contribution < 1.29 is 13.9 Å². The molecule has 0 radical (unpaired) electrons. The van der Waals surface area contributed by atoms with E-state index in [0.29, 0.717) is 0 Å². The molecule has 2 atom stereocenters. The van der Waals surface area contributed by atoms with Crippen LogP contribution in [0.2, 0.25) is 0 Å². The zero-order valence-corrected chi connectivity index (χ0v) is 14.8. The van der Waals surface area contributed by atoms with Crippen LogP contribution in [0.3, 0.4) is 0 Å². The Hall–Kier alpha value is -1.66. The topological polar surface area (TPSA) is 67.6 Å². The molecule has 1 aromatic rings. The number of methoxy groups -OCH3 is 1. The molecule has 1 heterocycles. The molecule has 5 nitrogen and oxygen atoms in total. The Balaban J connectivity index is 1.45. The van der Waals surface area contributed by atoms with E-state index < -0.39 is 0 Å². The molecule has 1 saturated carbocycles. The lowest BCUT2D eigenvalue weighted by Gasteiger charge is -2.33. The number of rotatable bonds is 5. The summed E-state index contributed by atoms with van der Waals surface area (Å²) in [6.45, 7) is 2.51. The van der Waals surface area contributed by atoms with Gasteiger partial charge in [0.15, 0.2) is 11.6 Å². The molecule has 3 rings (SSSR count). The van der Waals surface area contributed by atoms with Gasteiger partial charge in [-0.3, -0.25) is 9.69 Å². The van der Waals surface area contributed by atoms with Crippen LogP contribution in [-0.2, 0) is 11.3 Å². The number of nitrogens with two attached hydrogens (primary N) is 1. The number of halogens is 1. The molecule has 1 amide bonds. The molecule has 6 heteroatoms. The van der Waals surface area contributed by atoms with Crippen LogP contribution < -0.4 is 15.8 Å². The highest BCUT2D eigenvalue weighted by molar-refractivity contribution is 5.80. The van der Waals surface area contributed by atoms with Crippen LogP contribution in [0.1, 0.15) is 37.7 Å². The fraction of sp³-hybridized carbons (Fsp3) is 0.632. The standard InChI is InChI=1S/C19H28FN3O2/c1-25-18-6-5-13(11-16(18)20)12-23-9-7-14(8-10-23)22-19(24)15-3-2-4-17(15)21/h5-6,11,14-15,17H,2-4,7-10,12,21H2,1H3,(H,22,24)/t15-,17-/m1/s1. The normalized spacial score (nSPS) is 25.1. The van der Waals surface area contributed by atoms with Crippen molar-refractivity contribution in [1.29, 1.82) is 0 Å². The Morgan fingerprint density at radius 3 is 2.68 bits per heavy atom. The summed E-state index contributed by atoms with van der Waals surface area (Å²) >= 11 is 0. The number of nitrogens with one attached hydrogen (secondary N) is 1. The van der Waals surface area contributed by atoms with Crippen molar-refractivity contribution in [1.82, 2.24) is 10.2 Å². The fourth-order valence-corrected chi connectivity index (χ4v) is 3.92. The smallest absolute Gasteiger partial charge is 0.224 e. The van der Waals surface area contributed by atoms with Crippen molar-refractivity contribution in [2.24, 2.45) is 11.7 Å². The van der Waals surface area contributed by atoms with Gasteiger partial charge in [-0.15, -0.1) is 0 Å². The lowest BCUT2D eigenvalue weighted by Crippen LogP contribution is -2.48. The summed E-state index contributed by atoms with van der Waals surface area (Å²) in [6, 6.07) is 5.35. The Kier molecular flexibility index (Phi) is 5.91. The van der Waals surface area contributed by atoms with Gasteiger partial charge in [0.2, 0.25) is 5.91 Å². The van der Waals surface area contributed by atoms with E-state index in [-0.39, 0.29) is 35.5 Å². The van der Waals surface area contributed by atoms with E-state index in [1.807, 2.05) is 6.07 Å². The van der Waals surface area contributed by atoms with Gasteiger partial charge in [0, 0.05) is 31.7 Å². The zero-order valence-electron chi connectivity index (χ0n) is 14.8. The molecule has 2 fully saturated rings. The summed E-state index contributed by atoms with van der Waals surface area (Å²) in [5, 5.41) is 3.18. The number of benzene rings is 1. The summed E-state index contributed by atoms with van der Waals surface area (Å²) in [7, 11) is 1.47. The highest BCUT2D eigenvalue weighted by Crippen LogP contribution is 2.25. The number of hydrogen-bond donors (Lipinski definition) is 2. The Labute approximate surface area is 148 Å². The fourth-order valence-electron chi connectivity index (χ4n) is 3.92. The van der Waals surface area contributed by atoms with Crippen LogP contribution in [0, 0.1) is 11.7 Å². The van der Waals surface area contributed by atoms with E-state index in [1.165, 1.54) is 13.2 Å². The van der Waals surface area contributed by atoms with Crippen LogP contribution in [-0.4, -0.2) is 43.1 Å². The van der Waals surface area contributed by atoms with Crippen LogP contribution >= 0.6 is 0 Å². The quantitative estimate of drug-likeness (QED) is 0.854. The summed E-state index contributed by atoms with van der Waals surface area (Å²) in [4.78, 5) is 14.6. The first-order chi connectivity index (χ1) is 12.1. The number of carbonyl (C=O) groups excluding carboxylic acids is 1. The first-order valence-electron chi connectivity index (χ1n) is 9.17. The Morgan fingerprint density at radius 1 is 1.32 bits per heavy atom. The highest BCUT2D eigenvalue weighted by Gasteiger charge is 2.32. The van der Waals surface area contributed by atoms with E-state index in [1.54, 1.807) is 6.07 Å². The van der Waals surface area contributed by atoms with E-state index in [4.69, 9.17) is 10.5 Å². The highest BCUT2D eigenvalue weighted by atomic mass is 19.1. The molecule has 1 aromatic carbocycles. The minimum absolute atomic E-state index is 0.0136. The van der Waals surface area contributed by atoms with Crippen LogP contribution in [0.5, 0.6) is 5.75 Å². The molecule has 1 aliphatic carbocycles. The maximum atomic E-state index is 13.8. The van der Waals surface area contributed by atoms with E-state index in [9.17, 15) is 9.18 Å². The van der Waals surface area contributed by atoms with E-state index >= 15 is 0 Å². The predicted molar refractivity (Wildman–Crippen MR) is 94.7 cm³/mol. The van der Waals surface area contributed by atoms with Crippen LogP contribution in [0.4, 0.5) is 4.39 Å². The zero-order chi connectivity index (χ0) is 17.8. The lowest BCUT2D eigenvalue weighted by molar-refractivity contribution is -0.126. The number of ether oxygens (including phenoxy) is 1. The van der Waals surface area contributed by atoms with Gasteiger partial charge in [-0.1, -0.05) is 12.5 Å². The molecule has 1 saturated heterocycles. The molecule has 0 spiro atoms. The second-order valence-corrected chi connectivity index (χ2v) is 7.23. The maximum Gasteiger partial charge on any atom is 0.224 e. The van der Waals surface area contributed by atoms with Crippen molar-refractivity contribution in [3.05, 3.63) is 29.6 Å². The molecular formula is C19H28FN3O2. The summed E-state index contributed by atoms with van der Waals surface area (Å²) < 4.78 is 18.7. The van der Waals surface area contributed by atoms with Crippen molar-refractivity contribution in [3.63, 3.8) is 0 Å². The second kappa shape index (κ2) is 8.15. The first kappa shape index (κ1) is 18.1. The van der Waals surface area contributed by atoms with Gasteiger partial charge in [0.1, 0.15) is 0 Å². The number of hydrogen-bond acceptors (Lipinski definition) is 4. The van der Waals surface area contributed by atoms with E-state index in [0.717, 1.165) is 57.3 Å². The largest absolute Gasteiger partial charge is 0.494 e. The van der Waals surface area contributed by atoms with Crippen molar-refractivity contribution in [2.75, 3.05) is 20.2 Å². The Bertz CT molecular complexity index is 602. The second-order valence-electron chi connectivity index (χ2n) is 7.23. The summed E-state index contributed by atoms with van der Waals surface area (Å²) in [5.74, 6) is 0.0614.